The van der Waals surface area contributed by atoms with E-state index in [1.807, 2.05) is 49.4 Å². The van der Waals surface area contributed by atoms with E-state index in [2.05, 4.69) is 43.6 Å². The largest absolute Gasteiger partial charge is 0.490 e. The van der Waals surface area contributed by atoms with Gasteiger partial charge in [-0.15, -0.1) is 10.2 Å². The minimum Gasteiger partial charge on any atom is -0.490 e. The van der Waals surface area contributed by atoms with Crippen LogP contribution >= 0.6 is 39.0 Å². The average Bonchev–Trinajstić information content (AvgIpc) is 3.32. The van der Waals surface area contributed by atoms with E-state index in [4.69, 9.17) is 9.47 Å². The second-order valence-electron chi connectivity index (χ2n) is 7.14. The van der Waals surface area contributed by atoms with E-state index in [1.165, 1.54) is 23.1 Å². The maximum absolute atomic E-state index is 12.2. The first-order chi connectivity index (χ1) is 16.6. The zero-order valence-corrected chi connectivity index (χ0v) is 22.3. The summed E-state index contributed by atoms with van der Waals surface area (Å²) in [7, 11) is 0. The van der Waals surface area contributed by atoms with Crippen molar-refractivity contribution in [2.45, 2.75) is 37.4 Å². The predicted molar refractivity (Wildman–Crippen MR) is 142 cm³/mol. The lowest BCUT2D eigenvalue weighted by Crippen LogP contribution is -2.19. The summed E-state index contributed by atoms with van der Waals surface area (Å²) in [5, 5.41) is 13.2. The molecule has 2 aromatic carbocycles. The summed E-state index contributed by atoms with van der Waals surface area (Å²) >= 11 is 6.35. The van der Waals surface area contributed by atoms with Gasteiger partial charge in [-0.2, -0.15) is 5.10 Å². The lowest BCUT2D eigenvalue weighted by Gasteiger charge is -2.14. The van der Waals surface area contributed by atoms with Gasteiger partial charge in [0.1, 0.15) is 5.01 Å². The molecule has 34 heavy (non-hydrogen) atoms. The molecule has 7 nitrogen and oxygen atoms in total. The number of nitrogens with one attached hydrogen (secondary N) is 1. The summed E-state index contributed by atoms with van der Waals surface area (Å²) < 4.78 is 13.2. The molecule has 0 aliphatic carbocycles. The van der Waals surface area contributed by atoms with Gasteiger partial charge < -0.3 is 9.47 Å². The van der Waals surface area contributed by atoms with Gasteiger partial charge in [-0.1, -0.05) is 73.2 Å². The molecule has 1 N–H and O–H groups in total. The number of thioether (sulfide) groups is 1. The molecular weight excluding hydrogens is 536 g/mol. The standard InChI is InChI=1S/C24H27BrN4O3S2/c1-3-5-9-12-32-22-19(25)13-17(14-20(22)31-4-2)15-26-27-21(30)16-33-24-29-28-23(34-24)18-10-7-6-8-11-18/h6-8,10-11,13-15H,3-5,9,12,16H2,1-2H3,(H,27,30). The van der Waals surface area contributed by atoms with Crippen LogP contribution in [0.5, 0.6) is 11.5 Å². The van der Waals surface area contributed by atoms with Crippen LogP contribution in [0.25, 0.3) is 10.6 Å². The van der Waals surface area contributed by atoms with Crippen LogP contribution in [-0.2, 0) is 4.79 Å². The van der Waals surface area contributed by atoms with Crippen molar-refractivity contribution in [2.75, 3.05) is 19.0 Å². The van der Waals surface area contributed by atoms with Gasteiger partial charge in [-0.05, 0) is 47.0 Å². The topological polar surface area (TPSA) is 85.7 Å². The molecule has 0 radical (unpaired) electrons. The number of hydrazone groups is 1. The molecule has 0 fully saturated rings. The number of aromatic nitrogens is 2. The Morgan fingerprint density at radius 1 is 1.18 bits per heavy atom. The zero-order valence-electron chi connectivity index (χ0n) is 19.1. The van der Waals surface area contributed by atoms with Crippen LogP contribution in [0.3, 0.4) is 0 Å². The Labute approximate surface area is 216 Å². The number of hydrogen-bond donors (Lipinski definition) is 1. The quantitative estimate of drug-likeness (QED) is 0.116. The smallest absolute Gasteiger partial charge is 0.250 e. The van der Waals surface area contributed by atoms with Crippen LogP contribution in [0.2, 0.25) is 0 Å². The van der Waals surface area contributed by atoms with Crippen molar-refractivity contribution < 1.29 is 14.3 Å². The molecule has 1 amide bonds. The third-order valence-corrected chi connectivity index (χ3v) is 7.18. The van der Waals surface area contributed by atoms with Crippen molar-refractivity contribution >= 4 is 51.2 Å². The molecule has 0 saturated carbocycles. The predicted octanol–water partition coefficient (Wildman–Crippen LogP) is 6.18. The molecule has 3 rings (SSSR count). The number of nitrogens with zero attached hydrogens (tertiary/aromatic N) is 3. The summed E-state index contributed by atoms with van der Waals surface area (Å²) in [6, 6.07) is 13.6. The molecular formula is C24H27BrN4O3S2. The number of carbonyl (C=O) groups is 1. The van der Waals surface area contributed by atoms with Crippen LogP contribution in [0.15, 0.2) is 56.4 Å². The highest BCUT2D eigenvalue weighted by Gasteiger charge is 2.12. The summed E-state index contributed by atoms with van der Waals surface area (Å²) in [5.74, 6) is 1.29. The Balaban J connectivity index is 1.53. The first-order valence-corrected chi connectivity index (χ1v) is 13.6. The van der Waals surface area contributed by atoms with Crippen LogP contribution in [-0.4, -0.2) is 41.3 Å². The lowest BCUT2D eigenvalue weighted by atomic mass is 10.2. The molecule has 3 aromatic rings. The van der Waals surface area contributed by atoms with Gasteiger partial charge in [0, 0.05) is 5.56 Å². The summed E-state index contributed by atoms with van der Waals surface area (Å²) in [5.41, 5.74) is 4.34. The van der Waals surface area contributed by atoms with E-state index in [9.17, 15) is 4.79 Å². The van der Waals surface area contributed by atoms with Gasteiger partial charge in [0.15, 0.2) is 15.8 Å². The Morgan fingerprint density at radius 2 is 2.00 bits per heavy atom. The number of halogens is 1. The van der Waals surface area contributed by atoms with Gasteiger partial charge in [0.25, 0.3) is 5.91 Å². The fourth-order valence-electron chi connectivity index (χ4n) is 2.90. The molecule has 1 aromatic heterocycles. The molecule has 0 saturated heterocycles. The van der Waals surface area contributed by atoms with Crippen molar-refractivity contribution in [1.82, 2.24) is 15.6 Å². The van der Waals surface area contributed by atoms with Gasteiger partial charge in [-0.3, -0.25) is 4.79 Å². The van der Waals surface area contributed by atoms with Gasteiger partial charge in [0.05, 0.1) is 29.7 Å². The van der Waals surface area contributed by atoms with Crippen molar-refractivity contribution in [2.24, 2.45) is 5.10 Å². The summed E-state index contributed by atoms with van der Waals surface area (Å²) in [6.45, 7) is 5.23. The van der Waals surface area contributed by atoms with Crippen LogP contribution in [0.4, 0.5) is 0 Å². The lowest BCUT2D eigenvalue weighted by molar-refractivity contribution is -0.118. The Morgan fingerprint density at radius 3 is 2.76 bits per heavy atom. The fraction of sp³-hybridized carbons (Fsp3) is 0.333. The maximum Gasteiger partial charge on any atom is 0.250 e. The first-order valence-electron chi connectivity index (χ1n) is 11.0. The number of unbranched alkanes of at least 4 members (excludes halogenated alkanes) is 2. The Hall–Kier alpha value is -2.43. The third kappa shape index (κ3) is 8.11. The first kappa shape index (κ1) is 26.2. The van der Waals surface area contributed by atoms with Gasteiger partial charge >= 0.3 is 0 Å². The number of amides is 1. The maximum atomic E-state index is 12.2. The Kier molecular flexibility index (Phi) is 10.8. The molecule has 1 heterocycles. The van der Waals surface area contributed by atoms with E-state index >= 15 is 0 Å². The minimum atomic E-state index is -0.224. The number of ether oxygens (including phenoxy) is 2. The molecule has 0 aliphatic heterocycles. The zero-order chi connectivity index (χ0) is 24.2. The van der Waals surface area contributed by atoms with Crippen molar-refractivity contribution in [3.8, 4) is 22.1 Å². The normalized spacial score (nSPS) is 11.0. The molecule has 0 spiro atoms. The van der Waals surface area contributed by atoms with Gasteiger partial charge in [-0.25, -0.2) is 5.43 Å². The summed E-state index contributed by atoms with van der Waals surface area (Å²) in [6.07, 6.45) is 4.83. The van der Waals surface area contributed by atoms with E-state index in [1.54, 1.807) is 6.21 Å². The number of rotatable bonds is 13. The third-order valence-electron chi connectivity index (χ3n) is 4.48. The van der Waals surface area contributed by atoms with E-state index < -0.39 is 0 Å². The van der Waals surface area contributed by atoms with E-state index in [0.717, 1.165) is 44.2 Å². The van der Waals surface area contributed by atoms with Crippen molar-refractivity contribution in [3.63, 3.8) is 0 Å². The molecule has 0 atom stereocenters. The van der Waals surface area contributed by atoms with E-state index in [0.29, 0.717) is 24.7 Å². The minimum absolute atomic E-state index is 0.194. The van der Waals surface area contributed by atoms with Crippen molar-refractivity contribution in [3.05, 3.63) is 52.5 Å². The van der Waals surface area contributed by atoms with E-state index in [-0.39, 0.29) is 11.7 Å². The highest BCUT2D eigenvalue weighted by atomic mass is 79.9. The van der Waals surface area contributed by atoms with Gasteiger partial charge in [0.2, 0.25) is 0 Å². The molecule has 0 aliphatic rings. The average molecular weight is 564 g/mol. The SMILES string of the molecule is CCCCCOc1c(Br)cc(C=NNC(=O)CSc2nnc(-c3ccccc3)s2)cc1OCC. The van der Waals surface area contributed by atoms with Crippen molar-refractivity contribution in [1.29, 1.82) is 0 Å². The molecule has 0 unspecified atom stereocenters. The fourth-order valence-corrected chi connectivity index (χ4v) is 5.12. The number of benzene rings is 2. The Bertz CT molecular complexity index is 1090. The molecule has 0 bridgehead atoms. The monoisotopic (exact) mass is 562 g/mol. The second-order valence-corrected chi connectivity index (χ2v) is 10.2. The summed E-state index contributed by atoms with van der Waals surface area (Å²) in [4.78, 5) is 12.2. The number of hydrogen-bond acceptors (Lipinski definition) is 8. The van der Waals surface area contributed by atoms with Crippen LogP contribution in [0, 0.1) is 0 Å². The molecule has 10 heteroatoms. The van der Waals surface area contributed by atoms with Crippen LogP contribution in [0.1, 0.15) is 38.7 Å². The highest BCUT2D eigenvalue weighted by molar-refractivity contribution is 9.10. The highest BCUT2D eigenvalue weighted by Crippen LogP contribution is 2.37. The second kappa shape index (κ2) is 14.1. The number of carbonyl (C=O) groups excluding carboxylic acids is 1. The molecule has 180 valence electrons. The van der Waals surface area contributed by atoms with Crippen LogP contribution < -0.4 is 14.9 Å².